The van der Waals surface area contributed by atoms with Gasteiger partial charge in [-0.15, -0.1) is 0 Å². The maximum absolute atomic E-state index is 12.6. The fourth-order valence-electron chi connectivity index (χ4n) is 3.09. The third-order valence-electron chi connectivity index (χ3n) is 4.92. The molecule has 0 saturated carbocycles. The second-order valence-electron chi connectivity index (χ2n) is 7.61. The van der Waals surface area contributed by atoms with Gasteiger partial charge in [-0.1, -0.05) is 32.1 Å². The Kier molecular flexibility index (Phi) is 20.6. The van der Waals surface area contributed by atoms with Crippen molar-refractivity contribution in [3.05, 3.63) is 0 Å². The highest BCUT2D eigenvalue weighted by atomic mass is 16.5. The van der Waals surface area contributed by atoms with Crippen molar-refractivity contribution in [2.45, 2.75) is 89.9 Å². The molecule has 0 atom stereocenters. The number of amides is 4. The largest absolute Gasteiger partial charge is 0.428 e. The Balaban J connectivity index is 4.31. The van der Waals surface area contributed by atoms with Crippen LogP contribution in [0.15, 0.2) is 0 Å². The predicted octanol–water partition coefficient (Wildman–Crippen LogP) is 4.71. The van der Waals surface area contributed by atoms with Crippen molar-refractivity contribution in [3.8, 4) is 18.4 Å². The molecule has 0 bridgehead atoms. The van der Waals surface area contributed by atoms with Crippen LogP contribution in [0.25, 0.3) is 0 Å². The fraction of sp³-hybridized carbons (Fsp3) is 0.783. The molecule has 0 spiro atoms. The maximum atomic E-state index is 12.6. The molecule has 0 fully saturated rings. The van der Waals surface area contributed by atoms with Crippen molar-refractivity contribution >= 4 is 12.1 Å². The zero-order chi connectivity index (χ0) is 23.7. The van der Waals surface area contributed by atoms with Crippen molar-refractivity contribution in [2.24, 2.45) is 0 Å². The number of nitriles is 3. The van der Waals surface area contributed by atoms with Crippen LogP contribution >= 0.6 is 0 Å². The van der Waals surface area contributed by atoms with E-state index in [-0.39, 0.29) is 12.1 Å². The molecule has 0 heterocycles. The lowest BCUT2D eigenvalue weighted by Gasteiger charge is -2.22. The van der Waals surface area contributed by atoms with Gasteiger partial charge in [-0.25, -0.2) is 14.5 Å². The van der Waals surface area contributed by atoms with Crippen molar-refractivity contribution in [2.75, 3.05) is 26.2 Å². The van der Waals surface area contributed by atoms with E-state index in [4.69, 9.17) is 15.8 Å². The highest BCUT2D eigenvalue weighted by Crippen LogP contribution is 2.06. The van der Waals surface area contributed by atoms with Gasteiger partial charge in [0.25, 0.3) is 6.26 Å². The first-order chi connectivity index (χ1) is 15.7. The van der Waals surface area contributed by atoms with Gasteiger partial charge >= 0.3 is 12.1 Å². The number of nitrogens with zero attached hydrogens (tertiary/aromatic N) is 4. The topological polar surface area (TPSA) is 142 Å². The third kappa shape index (κ3) is 17.8. The number of hydrogen-bond donors (Lipinski definition) is 2. The first kappa shape index (κ1) is 29.0. The van der Waals surface area contributed by atoms with E-state index in [1.165, 1.54) is 4.90 Å². The molecular weight excluding hydrogens is 408 g/mol. The van der Waals surface area contributed by atoms with Crippen LogP contribution in [-0.4, -0.2) is 43.2 Å². The number of carbonyl (C=O) groups excluding carboxylic acids is 2. The fourth-order valence-corrected chi connectivity index (χ4v) is 3.09. The van der Waals surface area contributed by atoms with Crippen LogP contribution in [0.5, 0.6) is 0 Å². The predicted molar refractivity (Wildman–Crippen MR) is 121 cm³/mol. The van der Waals surface area contributed by atoms with Crippen molar-refractivity contribution < 1.29 is 14.3 Å². The molecule has 0 rings (SSSR count). The van der Waals surface area contributed by atoms with Crippen molar-refractivity contribution in [3.63, 3.8) is 0 Å². The van der Waals surface area contributed by atoms with Gasteiger partial charge in [-0.2, -0.15) is 15.8 Å². The van der Waals surface area contributed by atoms with E-state index in [9.17, 15) is 9.59 Å². The average Bonchev–Trinajstić information content (AvgIpc) is 2.79. The Morgan fingerprint density at radius 1 is 0.656 bits per heavy atom. The molecule has 0 aromatic rings. The van der Waals surface area contributed by atoms with E-state index in [1.54, 1.807) is 6.26 Å². The first-order valence-electron chi connectivity index (χ1n) is 11.7. The van der Waals surface area contributed by atoms with E-state index in [1.807, 2.05) is 0 Å². The molecule has 9 heteroatoms. The molecule has 32 heavy (non-hydrogen) atoms. The second-order valence-corrected chi connectivity index (χ2v) is 7.61. The van der Waals surface area contributed by atoms with Gasteiger partial charge in [0.05, 0.1) is 12.1 Å². The highest BCUT2D eigenvalue weighted by molar-refractivity contribution is 5.93. The molecule has 0 aliphatic carbocycles. The molecule has 178 valence electrons. The van der Waals surface area contributed by atoms with E-state index in [0.29, 0.717) is 45.5 Å². The Morgan fingerprint density at radius 2 is 1.12 bits per heavy atom. The zero-order valence-electron chi connectivity index (χ0n) is 19.2. The van der Waals surface area contributed by atoms with Crippen LogP contribution in [0, 0.1) is 34.2 Å². The summed E-state index contributed by atoms with van der Waals surface area (Å²) in [7, 11) is 0. The number of rotatable bonds is 19. The first-order valence-corrected chi connectivity index (χ1v) is 11.7. The Labute approximate surface area is 192 Å². The van der Waals surface area contributed by atoms with E-state index < -0.39 is 0 Å². The van der Waals surface area contributed by atoms with E-state index in [2.05, 4.69) is 27.5 Å². The Bertz CT molecular complexity index is 581. The standard InChI is InChI=1S/C23H38N6O3/c24-15-9-3-1-5-11-17-27-22(30)29(19-13-7-8-14-20-32-21-26)23(31)28-18-12-6-2-4-10-16-25/h1-14,17-20H2,(H,27,30)(H,28,31). The monoisotopic (exact) mass is 446 g/mol. The molecule has 0 unspecified atom stereocenters. The summed E-state index contributed by atoms with van der Waals surface area (Å²) in [4.78, 5) is 26.3. The number of urea groups is 2. The van der Waals surface area contributed by atoms with Crippen LogP contribution in [0.4, 0.5) is 9.59 Å². The summed E-state index contributed by atoms with van der Waals surface area (Å²) < 4.78 is 4.64. The van der Waals surface area contributed by atoms with Gasteiger partial charge in [-0.05, 0) is 44.9 Å². The van der Waals surface area contributed by atoms with Gasteiger partial charge < -0.3 is 15.4 Å². The number of hydrogen-bond acceptors (Lipinski definition) is 6. The smallest absolute Gasteiger partial charge is 0.325 e. The minimum atomic E-state index is -0.388. The minimum absolute atomic E-state index is 0.334. The average molecular weight is 447 g/mol. The SMILES string of the molecule is N#CCCCCCCNC(=O)N(CCCCCCOC#N)C(=O)NCCCCCCC#N. The van der Waals surface area contributed by atoms with Crippen molar-refractivity contribution in [1.29, 1.82) is 15.8 Å². The van der Waals surface area contributed by atoms with Crippen LogP contribution in [-0.2, 0) is 4.74 Å². The number of nitrogens with one attached hydrogen (secondary N) is 2. The normalized spacial score (nSPS) is 9.78. The van der Waals surface area contributed by atoms with Crippen LogP contribution in [0.1, 0.15) is 89.9 Å². The molecule has 9 nitrogen and oxygen atoms in total. The number of imide groups is 1. The summed E-state index contributed by atoms with van der Waals surface area (Å²) in [6.07, 6.45) is 13.1. The second kappa shape index (κ2) is 22.7. The summed E-state index contributed by atoms with van der Waals surface area (Å²) in [6.45, 7) is 1.73. The van der Waals surface area contributed by atoms with Gasteiger partial charge in [-0.3, -0.25) is 0 Å². The maximum Gasteiger partial charge on any atom is 0.325 e. The van der Waals surface area contributed by atoms with Gasteiger partial charge in [0.15, 0.2) is 0 Å². The van der Waals surface area contributed by atoms with Gasteiger partial charge in [0, 0.05) is 32.5 Å². The highest BCUT2D eigenvalue weighted by Gasteiger charge is 2.20. The van der Waals surface area contributed by atoms with Crippen LogP contribution in [0.2, 0.25) is 0 Å². The number of ether oxygens (including phenoxy) is 1. The summed E-state index contributed by atoms with van der Waals surface area (Å²) in [5, 5.41) is 31.1. The molecule has 0 aromatic heterocycles. The third-order valence-corrected chi connectivity index (χ3v) is 4.92. The molecular formula is C23H38N6O3. The Morgan fingerprint density at radius 3 is 1.62 bits per heavy atom. The van der Waals surface area contributed by atoms with E-state index in [0.717, 1.165) is 70.6 Å². The zero-order valence-corrected chi connectivity index (χ0v) is 19.2. The lowest BCUT2D eigenvalue weighted by Crippen LogP contribution is -2.49. The van der Waals surface area contributed by atoms with Crippen LogP contribution in [0.3, 0.4) is 0 Å². The summed E-state index contributed by atoms with van der Waals surface area (Å²) in [6, 6.07) is 3.47. The quantitative estimate of drug-likeness (QED) is 0.217. The minimum Gasteiger partial charge on any atom is -0.428 e. The lowest BCUT2D eigenvalue weighted by molar-refractivity contribution is 0.184. The molecule has 0 aromatic carbocycles. The van der Waals surface area contributed by atoms with Crippen molar-refractivity contribution in [1.82, 2.24) is 15.5 Å². The van der Waals surface area contributed by atoms with E-state index >= 15 is 0 Å². The molecule has 0 aliphatic rings. The van der Waals surface area contributed by atoms with Crippen LogP contribution < -0.4 is 10.6 Å². The molecule has 0 radical (unpaired) electrons. The van der Waals surface area contributed by atoms with Gasteiger partial charge in [0.1, 0.15) is 6.61 Å². The summed E-state index contributed by atoms with van der Waals surface area (Å²) in [5.74, 6) is 0. The molecule has 0 aliphatic heterocycles. The summed E-state index contributed by atoms with van der Waals surface area (Å²) in [5.41, 5.74) is 0. The molecule has 0 saturated heterocycles. The number of carbonyl (C=O) groups is 2. The summed E-state index contributed by atoms with van der Waals surface area (Å²) >= 11 is 0. The van der Waals surface area contributed by atoms with Gasteiger partial charge in [0.2, 0.25) is 0 Å². The Hall–Kier alpha value is -2.99. The lowest BCUT2D eigenvalue weighted by atomic mass is 10.1. The molecule has 4 amide bonds. The number of unbranched alkanes of at least 4 members (excludes halogenated alkanes) is 11. The molecule has 2 N–H and O–H groups in total.